The molecule has 1 aromatic rings. The van der Waals surface area contributed by atoms with Gasteiger partial charge in [-0.25, -0.2) is 4.39 Å². The average molecular weight is 346 g/mol. The van der Waals surface area contributed by atoms with Gasteiger partial charge in [0.2, 0.25) is 0 Å². The van der Waals surface area contributed by atoms with Crippen molar-refractivity contribution < 1.29 is 9.18 Å². The number of benzene rings is 1. The normalized spacial score (nSPS) is 24.9. The van der Waals surface area contributed by atoms with Crippen LogP contribution in [0.2, 0.25) is 0 Å². The Bertz CT molecular complexity index is 626. The van der Waals surface area contributed by atoms with Gasteiger partial charge in [0.15, 0.2) is 0 Å². The van der Waals surface area contributed by atoms with Crippen molar-refractivity contribution in [3.05, 3.63) is 29.6 Å². The van der Waals surface area contributed by atoms with Crippen LogP contribution < -0.4 is 10.2 Å². The molecule has 1 amide bonds. The predicted octanol–water partition coefficient (Wildman–Crippen LogP) is 1.55. The summed E-state index contributed by atoms with van der Waals surface area (Å²) in [6.45, 7) is 7.47. The van der Waals surface area contributed by atoms with Crippen molar-refractivity contribution in [1.82, 2.24) is 15.1 Å². The van der Waals surface area contributed by atoms with Gasteiger partial charge in [0.25, 0.3) is 5.91 Å². The Labute approximate surface area is 148 Å². The molecular weight excluding hydrogens is 319 g/mol. The van der Waals surface area contributed by atoms with E-state index in [9.17, 15) is 9.18 Å². The second kappa shape index (κ2) is 7.30. The fourth-order valence-electron chi connectivity index (χ4n) is 4.31. The van der Waals surface area contributed by atoms with Crippen molar-refractivity contribution in [2.75, 3.05) is 57.3 Å². The van der Waals surface area contributed by atoms with Crippen LogP contribution in [-0.4, -0.2) is 74.1 Å². The highest BCUT2D eigenvalue weighted by molar-refractivity contribution is 5.94. The molecule has 3 fully saturated rings. The van der Waals surface area contributed by atoms with Gasteiger partial charge in [-0.15, -0.1) is 0 Å². The minimum Gasteiger partial charge on any atom is -0.369 e. The van der Waals surface area contributed by atoms with Gasteiger partial charge in [0.1, 0.15) is 5.82 Å². The molecule has 0 bridgehead atoms. The van der Waals surface area contributed by atoms with E-state index in [1.807, 2.05) is 4.90 Å². The lowest BCUT2D eigenvalue weighted by Gasteiger charge is -2.32. The highest BCUT2D eigenvalue weighted by Crippen LogP contribution is 2.26. The number of carbonyl (C=O) groups is 1. The number of halogens is 1. The molecule has 3 saturated heterocycles. The smallest absolute Gasteiger partial charge is 0.254 e. The summed E-state index contributed by atoms with van der Waals surface area (Å²) in [4.78, 5) is 19.2. The van der Waals surface area contributed by atoms with Crippen molar-refractivity contribution >= 4 is 11.6 Å². The van der Waals surface area contributed by atoms with Crippen molar-refractivity contribution in [2.45, 2.75) is 25.3 Å². The lowest BCUT2D eigenvalue weighted by atomic mass is 10.1. The molecule has 0 aliphatic carbocycles. The number of nitrogens with zero attached hydrogens (tertiary/aromatic N) is 3. The van der Waals surface area contributed by atoms with E-state index in [4.69, 9.17) is 0 Å². The van der Waals surface area contributed by atoms with E-state index in [1.54, 1.807) is 12.1 Å². The van der Waals surface area contributed by atoms with Gasteiger partial charge >= 0.3 is 0 Å². The van der Waals surface area contributed by atoms with Crippen molar-refractivity contribution in [1.29, 1.82) is 0 Å². The van der Waals surface area contributed by atoms with Crippen LogP contribution >= 0.6 is 0 Å². The molecule has 1 N–H and O–H groups in total. The van der Waals surface area contributed by atoms with Crippen LogP contribution in [0.5, 0.6) is 0 Å². The molecular formula is C19H27FN4O. The Morgan fingerprint density at radius 1 is 1.08 bits per heavy atom. The van der Waals surface area contributed by atoms with Gasteiger partial charge in [-0.3, -0.25) is 9.69 Å². The third-order valence-corrected chi connectivity index (χ3v) is 5.76. The van der Waals surface area contributed by atoms with E-state index in [-0.39, 0.29) is 11.7 Å². The van der Waals surface area contributed by atoms with Crippen molar-refractivity contribution in [3.63, 3.8) is 0 Å². The summed E-state index contributed by atoms with van der Waals surface area (Å²) in [7, 11) is 0. The van der Waals surface area contributed by atoms with Crippen LogP contribution in [0.1, 0.15) is 29.6 Å². The maximum absolute atomic E-state index is 14.5. The molecule has 0 radical (unpaired) electrons. The van der Waals surface area contributed by atoms with Gasteiger partial charge in [0, 0.05) is 64.0 Å². The van der Waals surface area contributed by atoms with Gasteiger partial charge < -0.3 is 15.1 Å². The zero-order valence-corrected chi connectivity index (χ0v) is 14.7. The summed E-state index contributed by atoms with van der Waals surface area (Å²) in [6, 6.07) is 5.43. The molecule has 6 heteroatoms. The lowest BCUT2D eigenvalue weighted by molar-refractivity contribution is 0.0773. The van der Waals surface area contributed by atoms with E-state index < -0.39 is 0 Å². The minimum absolute atomic E-state index is 0.0375. The van der Waals surface area contributed by atoms with E-state index in [0.717, 1.165) is 71.6 Å². The first-order valence-corrected chi connectivity index (χ1v) is 9.51. The summed E-state index contributed by atoms with van der Waals surface area (Å²) in [5, 5.41) is 3.36. The number of anilines is 1. The lowest BCUT2D eigenvalue weighted by Crippen LogP contribution is -2.49. The van der Waals surface area contributed by atoms with Crippen LogP contribution in [0, 0.1) is 5.82 Å². The number of carbonyl (C=O) groups excluding carboxylic acids is 1. The summed E-state index contributed by atoms with van der Waals surface area (Å²) in [5.74, 6) is -0.310. The monoisotopic (exact) mass is 346 g/mol. The van der Waals surface area contributed by atoms with Gasteiger partial charge in [0.05, 0.1) is 5.69 Å². The quantitative estimate of drug-likeness (QED) is 0.901. The molecule has 5 nitrogen and oxygen atoms in total. The number of likely N-dealkylation sites (tertiary alicyclic amines) is 1. The summed E-state index contributed by atoms with van der Waals surface area (Å²) in [6.07, 6.45) is 3.24. The van der Waals surface area contributed by atoms with E-state index >= 15 is 0 Å². The number of amides is 1. The van der Waals surface area contributed by atoms with Gasteiger partial charge in [-0.1, -0.05) is 0 Å². The zero-order valence-electron chi connectivity index (χ0n) is 14.7. The molecule has 0 spiro atoms. The molecule has 136 valence electrons. The van der Waals surface area contributed by atoms with E-state index in [0.29, 0.717) is 17.3 Å². The zero-order chi connectivity index (χ0) is 17.2. The standard InChI is InChI=1S/C19H27FN4O/c20-17-13-15(3-4-18(17)23-8-1-2-9-23)19(25)24-10-5-16(14-24)22-11-6-21-7-12-22/h3-4,13,16,21H,1-2,5-12,14H2. The maximum Gasteiger partial charge on any atom is 0.254 e. The molecule has 1 atom stereocenters. The van der Waals surface area contributed by atoms with Crippen molar-refractivity contribution in [2.24, 2.45) is 0 Å². The van der Waals surface area contributed by atoms with Crippen LogP contribution in [0.3, 0.4) is 0 Å². The third kappa shape index (κ3) is 3.51. The SMILES string of the molecule is O=C(c1ccc(N2CCCC2)c(F)c1)N1CCC(N2CCNCC2)C1. The first kappa shape index (κ1) is 16.8. The molecule has 0 aromatic heterocycles. The average Bonchev–Trinajstić information content (AvgIpc) is 3.34. The molecule has 4 rings (SSSR count). The Morgan fingerprint density at radius 2 is 1.84 bits per heavy atom. The topological polar surface area (TPSA) is 38.8 Å². The molecule has 3 aliphatic heterocycles. The fraction of sp³-hybridized carbons (Fsp3) is 0.632. The Balaban J connectivity index is 1.41. The minimum atomic E-state index is -0.273. The fourth-order valence-corrected chi connectivity index (χ4v) is 4.31. The second-order valence-corrected chi connectivity index (χ2v) is 7.34. The largest absolute Gasteiger partial charge is 0.369 e. The summed E-state index contributed by atoms with van der Waals surface area (Å²) < 4.78 is 14.5. The number of hydrogen-bond donors (Lipinski definition) is 1. The summed E-state index contributed by atoms with van der Waals surface area (Å²) >= 11 is 0. The summed E-state index contributed by atoms with van der Waals surface area (Å²) in [5.41, 5.74) is 1.11. The number of piperazine rings is 1. The molecule has 1 aromatic carbocycles. The van der Waals surface area contributed by atoms with Crippen LogP contribution in [-0.2, 0) is 0 Å². The second-order valence-electron chi connectivity index (χ2n) is 7.34. The molecule has 3 heterocycles. The highest BCUT2D eigenvalue weighted by atomic mass is 19.1. The molecule has 1 unspecified atom stereocenters. The predicted molar refractivity (Wildman–Crippen MR) is 96.6 cm³/mol. The molecule has 25 heavy (non-hydrogen) atoms. The number of rotatable bonds is 3. The van der Waals surface area contributed by atoms with Crippen molar-refractivity contribution in [3.8, 4) is 0 Å². The first-order valence-electron chi connectivity index (χ1n) is 9.51. The van der Waals surface area contributed by atoms with Crippen LogP contribution in [0.15, 0.2) is 18.2 Å². The molecule has 3 aliphatic rings. The Morgan fingerprint density at radius 3 is 2.56 bits per heavy atom. The van der Waals surface area contributed by atoms with Gasteiger partial charge in [-0.2, -0.15) is 0 Å². The number of nitrogens with one attached hydrogen (secondary N) is 1. The van der Waals surface area contributed by atoms with E-state index in [2.05, 4.69) is 15.1 Å². The Hall–Kier alpha value is -1.66. The van der Waals surface area contributed by atoms with Crippen LogP contribution in [0.4, 0.5) is 10.1 Å². The number of hydrogen-bond acceptors (Lipinski definition) is 4. The first-order chi connectivity index (χ1) is 12.2. The Kier molecular flexibility index (Phi) is 4.90. The third-order valence-electron chi connectivity index (χ3n) is 5.76. The molecule has 0 saturated carbocycles. The highest BCUT2D eigenvalue weighted by Gasteiger charge is 2.31. The van der Waals surface area contributed by atoms with E-state index in [1.165, 1.54) is 6.07 Å². The van der Waals surface area contributed by atoms with Gasteiger partial charge in [-0.05, 0) is 37.5 Å². The van der Waals surface area contributed by atoms with Crippen LogP contribution in [0.25, 0.3) is 0 Å². The maximum atomic E-state index is 14.5.